The van der Waals surface area contributed by atoms with E-state index < -0.39 is 0 Å². The van der Waals surface area contributed by atoms with Crippen molar-refractivity contribution in [2.45, 2.75) is 6.04 Å². The van der Waals surface area contributed by atoms with Gasteiger partial charge < -0.3 is 4.42 Å². The Morgan fingerprint density at radius 3 is 2.65 bits per heavy atom. The maximum absolute atomic E-state index is 12.0. The highest BCUT2D eigenvalue weighted by molar-refractivity contribution is 6.30. The van der Waals surface area contributed by atoms with Gasteiger partial charge in [-0.05, 0) is 29.8 Å². The van der Waals surface area contributed by atoms with Crippen LogP contribution in [0, 0.1) is 0 Å². The molecule has 2 heterocycles. The lowest BCUT2D eigenvalue weighted by Gasteiger charge is -2.06. The summed E-state index contributed by atoms with van der Waals surface area (Å²) in [6.45, 7) is 0.797. The first-order valence-electron chi connectivity index (χ1n) is 6.37. The molecule has 0 aliphatic carbocycles. The number of rotatable bonds is 2. The van der Waals surface area contributed by atoms with Crippen LogP contribution in [0.5, 0.6) is 0 Å². The summed E-state index contributed by atoms with van der Waals surface area (Å²) < 4.78 is 6.85. The number of halogens is 1. The highest BCUT2D eigenvalue weighted by atomic mass is 35.5. The van der Waals surface area contributed by atoms with Crippen LogP contribution in [0.15, 0.2) is 57.7 Å². The van der Waals surface area contributed by atoms with Crippen LogP contribution in [0.3, 0.4) is 0 Å². The molecule has 2 aromatic carbocycles. The maximum Gasteiger partial charge on any atom is 0.438 e. The van der Waals surface area contributed by atoms with E-state index in [4.69, 9.17) is 16.0 Å². The van der Waals surface area contributed by atoms with Crippen LogP contribution in [-0.2, 0) is 0 Å². The van der Waals surface area contributed by atoms with Crippen LogP contribution in [0.2, 0.25) is 5.02 Å². The van der Waals surface area contributed by atoms with Crippen LogP contribution >= 0.6 is 11.6 Å². The molecule has 1 atom stereocenters. The van der Waals surface area contributed by atoms with Gasteiger partial charge in [0, 0.05) is 5.02 Å². The zero-order valence-corrected chi connectivity index (χ0v) is 11.2. The summed E-state index contributed by atoms with van der Waals surface area (Å²) in [5, 5.41) is 2.70. The summed E-state index contributed by atoms with van der Waals surface area (Å²) in [5.74, 6) is -0.345. The molecule has 0 N–H and O–H groups in total. The number of para-hydroxylation sites is 2. The van der Waals surface area contributed by atoms with Gasteiger partial charge in [0.25, 0.3) is 0 Å². The van der Waals surface area contributed by atoms with Gasteiger partial charge in [0.1, 0.15) is 5.52 Å². The van der Waals surface area contributed by atoms with Gasteiger partial charge in [-0.25, -0.2) is 4.79 Å². The molecule has 1 fully saturated rings. The number of oxazole rings is 1. The lowest BCUT2D eigenvalue weighted by Crippen LogP contribution is -2.24. The molecule has 1 unspecified atom stereocenters. The average Bonchev–Trinajstić information content (AvgIpc) is 3.15. The lowest BCUT2D eigenvalue weighted by atomic mass is 10.2. The Morgan fingerprint density at radius 1 is 1.10 bits per heavy atom. The van der Waals surface area contributed by atoms with Gasteiger partial charge in [-0.3, -0.25) is 5.01 Å². The summed E-state index contributed by atoms with van der Waals surface area (Å²) in [6.07, 6.45) is 0. The molecule has 1 aliphatic rings. The minimum Gasteiger partial charge on any atom is -0.406 e. The summed E-state index contributed by atoms with van der Waals surface area (Å²) >= 11 is 5.89. The number of hydrogen-bond donors (Lipinski definition) is 0. The number of benzene rings is 2. The number of aromatic nitrogens is 1. The van der Waals surface area contributed by atoms with Crippen LogP contribution in [-0.4, -0.2) is 11.2 Å². The van der Waals surface area contributed by atoms with Crippen molar-refractivity contribution in [2.24, 2.45) is 0 Å². The number of hydrogen-bond acceptors (Lipinski definition) is 3. The summed E-state index contributed by atoms with van der Waals surface area (Å²) in [6, 6.07) is 15.3. The van der Waals surface area contributed by atoms with Crippen molar-refractivity contribution in [3.63, 3.8) is 0 Å². The lowest BCUT2D eigenvalue weighted by molar-refractivity contribution is 0.519. The quantitative estimate of drug-likeness (QED) is 0.680. The zero-order valence-electron chi connectivity index (χ0n) is 10.5. The summed E-state index contributed by atoms with van der Waals surface area (Å²) in [5.41, 5.74) is 2.56. The molecule has 0 amide bonds. The molecule has 100 valence electrons. The fourth-order valence-corrected chi connectivity index (χ4v) is 2.64. The van der Waals surface area contributed by atoms with Crippen LogP contribution in [0.1, 0.15) is 11.6 Å². The molecule has 3 aromatic rings. The van der Waals surface area contributed by atoms with Gasteiger partial charge in [0.05, 0.1) is 12.6 Å². The Labute approximate surface area is 119 Å². The minimum atomic E-state index is -0.345. The van der Waals surface area contributed by atoms with Crippen molar-refractivity contribution >= 4 is 22.7 Å². The van der Waals surface area contributed by atoms with E-state index in [2.05, 4.69) is 0 Å². The number of fused-ring (bicyclic) bond motifs is 1. The first-order valence-corrected chi connectivity index (χ1v) is 6.75. The van der Waals surface area contributed by atoms with E-state index in [1.54, 1.807) is 10.7 Å². The summed E-state index contributed by atoms with van der Waals surface area (Å²) in [4.78, 5) is 12.0. The second kappa shape index (κ2) is 4.15. The molecule has 0 saturated carbocycles. The SMILES string of the molecule is O=c1oc2ccccc2n1N1CC1c1ccc(Cl)cc1. The predicted molar refractivity (Wildman–Crippen MR) is 77.8 cm³/mol. The third-order valence-corrected chi connectivity index (χ3v) is 3.81. The Bertz CT molecular complexity index is 835. The third-order valence-electron chi connectivity index (χ3n) is 3.56. The molecule has 5 heteroatoms. The molecule has 0 spiro atoms. The van der Waals surface area contributed by atoms with E-state index >= 15 is 0 Å². The molecular weight excluding hydrogens is 276 g/mol. The van der Waals surface area contributed by atoms with Crippen molar-refractivity contribution in [3.8, 4) is 0 Å². The van der Waals surface area contributed by atoms with Crippen LogP contribution in [0.4, 0.5) is 0 Å². The average molecular weight is 287 g/mol. The fourth-order valence-electron chi connectivity index (χ4n) is 2.51. The Balaban J connectivity index is 1.74. The van der Waals surface area contributed by atoms with E-state index in [1.807, 2.05) is 47.5 Å². The zero-order chi connectivity index (χ0) is 13.7. The van der Waals surface area contributed by atoms with Crippen molar-refractivity contribution in [1.82, 2.24) is 4.68 Å². The Morgan fingerprint density at radius 2 is 1.85 bits per heavy atom. The molecule has 0 bridgehead atoms. The van der Waals surface area contributed by atoms with E-state index in [0.717, 1.165) is 17.6 Å². The normalized spacial score (nSPS) is 17.6. The predicted octanol–water partition coefficient (Wildman–Crippen LogP) is 2.94. The monoisotopic (exact) mass is 286 g/mol. The van der Waals surface area contributed by atoms with E-state index in [-0.39, 0.29) is 11.8 Å². The van der Waals surface area contributed by atoms with Crippen LogP contribution in [0.25, 0.3) is 11.1 Å². The molecule has 1 saturated heterocycles. The highest BCUT2D eigenvalue weighted by Gasteiger charge is 2.38. The highest BCUT2D eigenvalue weighted by Crippen LogP contribution is 2.34. The first kappa shape index (κ1) is 11.6. The van der Waals surface area contributed by atoms with Crippen molar-refractivity contribution in [3.05, 3.63) is 69.7 Å². The molecule has 1 aromatic heterocycles. The molecule has 20 heavy (non-hydrogen) atoms. The van der Waals surface area contributed by atoms with E-state index in [9.17, 15) is 4.79 Å². The van der Waals surface area contributed by atoms with Gasteiger partial charge in [-0.2, -0.15) is 4.68 Å². The van der Waals surface area contributed by atoms with Crippen molar-refractivity contribution in [1.29, 1.82) is 0 Å². The molecule has 1 aliphatic heterocycles. The topological polar surface area (TPSA) is 38.1 Å². The Hall–Kier alpha value is -2.20. The molecule has 4 rings (SSSR count). The van der Waals surface area contributed by atoms with E-state index in [1.165, 1.54) is 0 Å². The largest absolute Gasteiger partial charge is 0.438 e. The van der Waals surface area contributed by atoms with Crippen molar-refractivity contribution in [2.75, 3.05) is 11.6 Å². The van der Waals surface area contributed by atoms with Gasteiger partial charge in [0.2, 0.25) is 0 Å². The third kappa shape index (κ3) is 1.72. The molecule has 0 radical (unpaired) electrons. The van der Waals surface area contributed by atoms with Crippen LogP contribution < -0.4 is 10.8 Å². The van der Waals surface area contributed by atoms with Gasteiger partial charge >= 0.3 is 5.76 Å². The van der Waals surface area contributed by atoms with Crippen molar-refractivity contribution < 1.29 is 4.42 Å². The van der Waals surface area contributed by atoms with Gasteiger partial charge in [-0.1, -0.05) is 35.9 Å². The first-order chi connectivity index (χ1) is 9.74. The van der Waals surface area contributed by atoms with Gasteiger partial charge in [0.15, 0.2) is 5.58 Å². The minimum absolute atomic E-state index is 0.200. The Kier molecular flexibility index (Phi) is 2.41. The number of nitrogens with zero attached hydrogens (tertiary/aromatic N) is 2. The maximum atomic E-state index is 12.0. The standard InChI is InChI=1S/C15H11ClN2O2/c16-11-7-5-10(6-8-11)13-9-17(13)18-12-3-1-2-4-14(12)20-15(18)19/h1-8,13H,9H2. The van der Waals surface area contributed by atoms with E-state index in [0.29, 0.717) is 10.6 Å². The molecule has 4 nitrogen and oxygen atoms in total. The fraction of sp³-hybridized carbons (Fsp3) is 0.133. The smallest absolute Gasteiger partial charge is 0.406 e. The molecular formula is C15H11ClN2O2. The second-order valence-electron chi connectivity index (χ2n) is 4.84. The second-order valence-corrected chi connectivity index (χ2v) is 5.27. The van der Waals surface area contributed by atoms with Gasteiger partial charge in [-0.15, -0.1) is 0 Å². The summed E-state index contributed by atoms with van der Waals surface area (Å²) in [7, 11) is 0.